The van der Waals surface area contributed by atoms with Crippen LogP contribution in [0.4, 0.5) is 0 Å². The molecule has 0 aliphatic heterocycles. The van der Waals surface area contributed by atoms with Gasteiger partial charge in [-0.2, -0.15) is 0 Å². The third-order valence-corrected chi connectivity index (χ3v) is 13.2. The van der Waals surface area contributed by atoms with Crippen molar-refractivity contribution in [3.8, 4) is 33.4 Å². The van der Waals surface area contributed by atoms with Crippen molar-refractivity contribution in [3.05, 3.63) is 234 Å². The molecular weight excluding hydrogens is 713 g/mol. The van der Waals surface area contributed by atoms with Gasteiger partial charge in [-0.15, -0.1) is 0 Å². The summed E-state index contributed by atoms with van der Waals surface area (Å²) in [7, 11) is 0. The molecule has 12 rings (SSSR count). The molecule has 0 radical (unpaired) electrons. The Bertz CT molecular complexity index is 3250. The maximum Gasteiger partial charge on any atom is 0.143 e. The van der Waals surface area contributed by atoms with E-state index in [2.05, 4.69) is 213 Å². The van der Waals surface area contributed by atoms with Gasteiger partial charge in [0.15, 0.2) is 0 Å². The van der Waals surface area contributed by atoms with Crippen LogP contribution in [0, 0.1) is 5.92 Å². The van der Waals surface area contributed by atoms with E-state index in [0.29, 0.717) is 5.92 Å². The first-order valence-corrected chi connectivity index (χ1v) is 20.8. The van der Waals surface area contributed by atoms with Crippen LogP contribution in [0.1, 0.15) is 35.6 Å². The molecule has 0 saturated carbocycles. The van der Waals surface area contributed by atoms with E-state index >= 15 is 0 Å². The minimum Gasteiger partial charge on any atom is -0.455 e. The highest BCUT2D eigenvalue weighted by Gasteiger charge is 2.49. The molecule has 59 heavy (non-hydrogen) atoms. The second kappa shape index (κ2) is 13.2. The zero-order valence-electron chi connectivity index (χ0n) is 32.8. The fourth-order valence-corrected chi connectivity index (χ4v) is 10.7. The first-order valence-electron chi connectivity index (χ1n) is 20.8. The van der Waals surface area contributed by atoms with Gasteiger partial charge in [0.1, 0.15) is 11.2 Å². The van der Waals surface area contributed by atoms with Gasteiger partial charge in [0.25, 0.3) is 0 Å². The summed E-state index contributed by atoms with van der Waals surface area (Å²) in [5.41, 5.74) is 16.8. The second-order valence-electron chi connectivity index (χ2n) is 16.3. The molecule has 9 aromatic carbocycles. The molecule has 278 valence electrons. The number of furan rings is 1. The minimum atomic E-state index is -0.492. The molecule has 2 aliphatic rings. The van der Waals surface area contributed by atoms with Crippen molar-refractivity contribution in [2.75, 3.05) is 0 Å². The van der Waals surface area contributed by atoms with Crippen LogP contribution in [0.2, 0.25) is 0 Å². The number of allylic oxidation sites excluding steroid dienone is 4. The van der Waals surface area contributed by atoms with E-state index in [1.165, 1.54) is 82.8 Å². The number of hydrogen-bond acceptors (Lipinski definition) is 1. The lowest BCUT2D eigenvalue weighted by Crippen LogP contribution is -2.33. The fraction of sp³-hybridized carbons (Fsp3) is 0.0690. The Morgan fingerprint density at radius 2 is 0.932 bits per heavy atom. The minimum absolute atomic E-state index is 0.297. The smallest absolute Gasteiger partial charge is 0.143 e. The summed E-state index contributed by atoms with van der Waals surface area (Å²) in [6, 6.07) is 71.5. The van der Waals surface area contributed by atoms with Crippen molar-refractivity contribution in [2.24, 2.45) is 5.92 Å². The zero-order chi connectivity index (χ0) is 39.1. The van der Waals surface area contributed by atoms with Gasteiger partial charge in [-0.25, -0.2) is 0 Å². The van der Waals surface area contributed by atoms with Crippen molar-refractivity contribution in [2.45, 2.75) is 18.8 Å². The summed E-state index contributed by atoms with van der Waals surface area (Å²) in [6.45, 7) is 2.41. The van der Waals surface area contributed by atoms with Crippen molar-refractivity contribution in [1.29, 1.82) is 0 Å². The highest BCUT2D eigenvalue weighted by molar-refractivity contribution is 6.21. The topological polar surface area (TPSA) is 13.1 Å². The van der Waals surface area contributed by atoms with Crippen molar-refractivity contribution in [3.63, 3.8) is 0 Å². The van der Waals surface area contributed by atoms with Gasteiger partial charge in [0, 0.05) is 16.3 Å². The van der Waals surface area contributed by atoms with Gasteiger partial charge in [0.2, 0.25) is 0 Å². The summed E-state index contributed by atoms with van der Waals surface area (Å²) >= 11 is 0. The predicted molar refractivity (Wildman–Crippen MR) is 248 cm³/mol. The molecule has 0 unspecified atom stereocenters. The van der Waals surface area contributed by atoms with E-state index in [0.717, 1.165) is 33.9 Å². The lowest BCUT2D eigenvalue weighted by molar-refractivity contribution is 0.577. The summed E-state index contributed by atoms with van der Waals surface area (Å²) in [4.78, 5) is 0. The average Bonchev–Trinajstić information content (AvgIpc) is 3.83. The summed E-state index contributed by atoms with van der Waals surface area (Å²) in [5.74, 6) is 0.297. The fourth-order valence-electron chi connectivity index (χ4n) is 10.7. The normalized spacial score (nSPS) is 15.6. The first kappa shape index (κ1) is 33.9. The molecule has 2 aliphatic carbocycles. The Labute approximate surface area is 344 Å². The summed E-state index contributed by atoms with van der Waals surface area (Å²) < 4.78 is 6.63. The number of fused-ring (bicyclic) bond motifs is 8. The van der Waals surface area contributed by atoms with Crippen LogP contribution in [0.25, 0.3) is 82.4 Å². The monoisotopic (exact) mass is 752 g/mol. The van der Waals surface area contributed by atoms with Gasteiger partial charge < -0.3 is 4.42 Å². The Kier molecular flexibility index (Phi) is 7.56. The number of hydrogen-bond donors (Lipinski definition) is 0. The van der Waals surface area contributed by atoms with E-state index in [1.807, 2.05) is 0 Å². The van der Waals surface area contributed by atoms with Crippen LogP contribution in [0.3, 0.4) is 0 Å². The van der Waals surface area contributed by atoms with E-state index < -0.39 is 5.41 Å². The Morgan fingerprint density at radius 3 is 1.56 bits per heavy atom. The van der Waals surface area contributed by atoms with Crippen LogP contribution in [-0.2, 0) is 5.41 Å². The van der Waals surface area contributed by atoms with Gasteiger partial charge in [0.05, 0.1) is 5.41 Å². The standard InChI is InChI=1S/C58H40O/c1-37-30-31-40(42-25-15-26-50-45-20-11-14-29-54(45)59-57(42)50)36-53(37)58(51-27-12-9-18-43(51)44-19-10-13-28-52(44)58)41-34-32-39(33-35-41)56-48-23-7-5-21-46(48)55(38-16-3-2-4-17-38)47-22-6-8-24-49(47)56/h2-29,31-37H,30H2,1H3/t37-/m0/s1. The SMILES string of the molecule is C[C@H]1CC=C(c2cccc3c2oc2ccccc23)C=C1C1(c2ccc(-c3c4ccccc4c(-c4ccccc4)c4ccccc34)cc2)c2ccccc2-c2ccccc21. The highest BCUT2D eigenvalue weighted by Crippen LogP contribution is 2.59. The van der Waals surface area contributed by atoms with Crippen molar-refractivity contribution < 1.29 is 4.42 Å². The van der Waals surface area contributed by atoms with Crippen LogP contribution in [0.15, 0.2) is 216 Å². The lowest BCUT2D eigenvalue weighted by Gasteiger charge is -2.40. The summed E-state index contributed by atoms with van der Waals surface area (Å²) in [5, 5.41) is 7.39. The molecule has 0 amide bonds. The van der Waals surface area contributed by atoms with E-state index in [9.17, 15) is 0 Å². The van der Waals surface area contributed by atoms with Crippen molar-refractivity contribution >= 4 is 49.1 Å². The lowest BCUT2D eigenvalue weighted by atomic mass is 9.62. The molecule has 0 bridgehead atoms. The Morgan fingerprint density at radius 1 is 0.441 bits per heavy atom. The Hall–Kier alpha value is -7.22. The van der Waals surface area contributed by atoms with E-state index in [1.54, 1.807) is 0 Å². The molecule has 0 N–H and O–H groups in total. The number of para-hydroxylation sites is 2. The molecule has 1 heteroatoms. The average molecular weight is 753 g/mol. The van der Waals surface area contributed by atoms with Crippen molar-refractivity contribution in [1.82, 2.24) is 0 Å². The van der Waals surface area contributed by atoms with Gasteiger partial charge in [-0.1, -0.05) is 207 Å². The van der Waals surface area contributed by atoms with Crippen LogP contribution in [-0.4, -0.2) is 0 Å². The second-order valence-corrected chi connectivity index (χ2v) is 16.3. The van der Waals surface area contributed by atoms with Gasteiger partial charge >= 0.3 is 0 Å². The molecule has 0 fully saturated rings. The highest BCUT2D eigenvalue weighted by atomic mass is 16.3. The maximum atomic E-state index is 6.63. The first-order chi connectivity index (χ1) is 29.2. The molecule has 1 heterocycles. The number of benzene rings is 9. The number of rotatable bonds is 5. The molecule has 0 saturated heterocycles. The largest absolute Gasteiger partial charge is 0.455 e. The summed E-state index contributed by atoms with van der Waals surface area (Å²) in [6.07, 6.45) is 5.87. The molecule has 1 nitrogen and oxygen atoms in total. The van der Waals surface area contributed by atoms with Crippen LogP contribution < -0.4 is 0 Å². The molecule has 1 atom stereocenters. The predicted octanol–water partition coefficient (Wildman–Crippen LogP) is 15.6. The van der Waals surface area contributed by atoms with Gasteiger partial charge in [-0.05, 0) is 101 Å². The molecule has 0 spiro atoms. The quantitative estimate of drug-likeness (QED) is 0.160. The zero-order valence-corrected chi connectivity index (χ0v) is 32.8. The van der Waals surface area contributed by atoms with Crippen LogP contribution >= 0.6 is 0 Å². The molecular formula is C58H40O. The van der Waals surface area contributed by atoms with Gasteiger partial charge in [-0.3, -0.25) is 0 Å². The third-order valence-electron chi connectivity index (χ3n) is 13.2. The van der Waals surface area contributed by atoms with Crippen LogP contribution in [0.5, 0.6) is 0 Å². The third kappa shape index (κ3) is 4.92. The molecule has 1 aromatic heterocycles. The van der Waals surface area contributed by atoms with E-state index in [4.69, 9.17) is 4.42 Å². The Balaban J connectivity index is 1.09. The maximum absolute atomic E-state index is 6.63. The molecule has 10 aromatic rings. The van der Waals surface area contributed by atoms with E-state index in [-0.39, 0.29) is 0 Å².